The lowest BCUT2D eigenvalue weighted by atomic mass is 10.1. The van der Waals surface area contributed by atoms with Crippen molar-refractivity contribution < 1.29 is 28.2 Å². The zero-order valence-corrected chi connectivity index (χ0v) is 17.9. The summed E-state index contributed by atoms with van der Waals surface area (Å²) < 4.78 is 22.2. The van der Waals surface area contributed by atoms with Gasteiger partial charge in [-0.3, -0.25) is 0 Å². The Hall–Kier alpha value is -4.39. The van der Waals surface area contributed by atoms with Crippen LogP contribution in [0, 0.1) is 0 Å². The van der Waals surface area contributed by atoms with Gasteiger partial charge in [-0.25, -0.2) is 14.4 Å². The van der Waals surface area contributed by atoms with Gasteiger partial charge in [-0.15, -0.1) is 0 Å². The number of carbonyl (C=O) groups is 2. The van der Waals surface area contributed by atoms with E-state index in [0.717, 1.165) is 0 Å². The summed E-state index contributed by atoms with van der Waals surface area (Å²) in [6.07, 6.45) is -0.226. The molecule has 0 saturated carbocycles. The molecule has 0 spiro atoms. The maximum atomic E-state index is 12.9. The van der Waals surface area contributed by atoms with Crippen LogP contribution in [0.25, 0.3) is 11.0 Å². The van der Waals surface area contributed by atoms with E-state index in [1.165, 1.54) is 18.2 Å². The molecule has 0 fully saturated rings. The maximum Gasteiger partial charge on any atom is 0.383 e. The van der Waals surface area contributed by atoms with Crippen LogP contribution in [0.4, 0.5) is 0 Å². The summed E-state index contributed by atoms with van der Waals surface area (Å²) in [5.41, 5.74) is -0.386. The Labute approximate surface area is 189 Å². The minimum atomic E-state index is -0.968. The van der Waals surface area contributed by atoms with Gasteiger partial charge in [-0.2, -0.15) is 0 Å². The number of esters is 2. The molecule has 0 atom stereocenters. The fraction of sp³-hybridized carbons (Fsp3) is 0.115. The zero-order chi connectivity index (χ0) is 23.4. The van der Waals surface area contributed by atoms with E-state index < -0.39 is 23.3 Å². The molecule has 0 aliphatic heterocycles. The summed E-state index contributed by atoms with van der Waals surface area (Å²) >= 11 is 0. The van der Waals surface area contributed by atoms with Gasteiger partial charge in [0.05, 0.1) is 17.2 Å². The lowest BCUT2D eigenvalue weighted by Crippen LogP contribution is -2.18. The molecule has 4 rings (SSSR count). The van der Waals surface area contributed by atoms with Gasteiger partial charge in [0.25, 0.3) is 5.75 Å². The van der Waals surface area contributed by atoms with Crippen LogP contribution in [0.15, 0.2) is 88.1 Å². The third kappa shape index (κ3) is 4.77. The van der Waals surface area contributed by atoms with Crippen molar-refractivity contribution in [2.24, 2.45) is 0 Å². The average Bonchev–Trinajstić information content (AvgIpc) is 2.81. The van der Waals surface area contributed by atoms with E-state index in [4.69, 9.17) is 18.6 Å². The molecule has 7 heteroatoms. The SMILES string of the molecule is CC(C)Oc1cccc2oc(=O)c(OC(=O)c3ccccc3)c(OC(=O)c3ccccc3)c12. The van der Waals surface area contributed by atoms with Crippen molar-refractivity contribution in [2.75, 3.05) is 0 Å². The minimum Gasteiger partial charge on any atom is -0.490 e. The fourth-order valence-corrected chi connectivity index (χ4v) is 3.16. The highest BCUT2D eigenvalue weighted by Gasteiger charge is 2.26. The summed E-state index contributed by atoms with van der Waals surface area (Å²) in [6.45, 7) is 3.65. The molecular formula is C26H20O7. The summed E-state index contributed by atoms with van der Waals surface area (Å²) in [5.74, 6) is -2.03. The first-order valence-corrected chi connectivity index (χ1v) is 10.2. The molecule has 0 bridgehead atoms. The first kappa shape index (κ1) is 21.8. The number of fused-ring (bicyclic) bond motifs is 1. The van der Waals surface area contributed by atoms with Crippen LogP contribution in [-0.4, -0.2) is 18.0 Å². The van der Waals surface area contributed by atoms with Gasteiger partial charge < -0.3 is 18.6 Å². The van der Waals surface area contributed by atoms with Crippen LogP contribution in [0.1, 0.15) is 34.6 Å². The summed E-state index contributed by atoms with van der Waals surface area (Å²) in [7, 11) is 0. The highest BCUT2D eigenvalue weighted by molar-refractivity contribution is 5.99. The standard InChI is InChI=1S/C26H20O7/c1-16(2)30-19-14-9-15-20-21(19)22(32-24(27)17-10-5-3-6-11-17)23(26(29)31-20)33-25(28)18-12-7-4-8-13-18/h3-16H,1-2H3. The summed E-state index contributed by atoms with van der Waals surface area (Å²) in [6, 6.07) is 21.2. The van der Waals surface area contributed by atoms with Crippen molar-refractivity contribution in [3.8, 4) is 17.2 Å². The normalized spacial score (nSPS) is 10.8. The molecule has 0 N–H and O–H groups in total. The van der Waals surface area contributed by atoms with Gasteiger partial charge in [0.2, 0.25) is 0 Å². The number of carbonyl (C=O) groups excluding carboxylic acids is 2. The van der Waals surface area contributed by atoms with E-state index in [1.807, 2.05) is 13.8 Å². The summed E-state index contributed by atoms with van der Waals surface area (Å²) in [4.78, 5) is 38.4. The molecule has 0 aliphatic carbocycles. The van der Waals surface area contributed by atoms with Crippen LogP contribution < -0.4 is 19.8 Å². The quantitative estimate of drug-likeness (QED) is 0.305. The molecule has 0 aliphatic rings. The molecule has 0 unspecified atom stereocenters. The molecule has 0 saturated heterocycles. The molecule has 166 valence electrons. The van der Waals surface area contributed by atoms with Crippen LogP contribution in [0.3, 0.4) is 0 Å². The van der Waals surface area contributed by atoms with Crippen LogP contribution in [0.2, 0.25) is 0 Å². The molecule has 4 aromatic rings. The van der Waals surface area contributed by atoms with Crippen molar-refractivity contribution in [1.29, 1.82) is 0 Å². The second-order valence-corrected chi connectivity index (χ2v) is 7.35. The van der Waals surface area contributed by atoms with Gasteiger partial charge in [0, 0.05) is 0 Å². The van der Waals surface area contributed by atoms with E-state index >= 15 is 0 Å². The summed E-state index contributed by atoms with van der Waals surface area (Å²) in [5, 5.41) is 0.200. The smallest absolute Gasteiger partial charge is 0.383 e. The van der Waals surface area contributed by atoms with Gasteiger partial charge in [0.1, 0.15) is 16.7 Å². The average molecular weight is 444 g/mol. The third-order valence-corrected chi connectivity index (χ3v) is 4.58. The topological polar surface area (TPSA) is 92.0 Å². The predicted molar refractivity (Wildman–Crippen MR) is 121 cm³/mol. The maximum absolute atomic E-state index is 12.9. The lowest BCUT2D eigenvalue weighted by Gasteiger charge is -2.16. The number of hydrogen-bond acceptors (Lipinski definition) is 7. The number of ether oxygens (including phenoxy) is 3. The minimum absolute atomic E-state index is 0.119. The van der Waals surface area contributed by atoms with Crippen molar-refractivity contribution in [2.45, 2.75) is 20.0 Å². The second-order valence-electron chi connectivity index (χ2n) is 7.35. The molecule has 1 heterocycles. The van der Waals surface area contributed by atoms with E-state index in [2.05, 4.69) is 0 Å². The van der Waals surface area contributed by atoms with E-state index in [-0.39, 0.29) is 33.9 Å². The van der Waals surface area contributed by atoms with Crippen molar-refractivity contribution in [3.05, 3.63) is 100 Å². The highest BCUT2D eigenvalue weighted by Crippen LogP contribution is 2.40. The van der Waals surface area contributed by atoms with Crippen LogP contribution in [-0.2, 0) is 0 Å². The molecule has 7 nitrogen and oxygen atoms in total. The number of hydrogen-bond donors (Lipinski definition) is 0. The van der Waals surface area contributed by atoms with Crippen molar-refractivity contribution >= 4 is 22.9 Å². The van der Waals surface area contributed by atoms with Crippen molar-refractivity contribution in [3.63, 3.8) is 0 Å². The third-order valence-electron chi connectivity index (χ3n) is 4.58. The molecule has 33 heavy (non-hydrogen) atoms. The zero-order valence-electron chi connectivity index (χ0n) is 17.9. The Morgan fingerprint density at radius 3 is 1.82 bits per heavy atom. The Balaban J connectivity index is 1.88. The van der Waals surface area contributed by atoms with E-state index in [9.17, 15) is 14.4 Å². The number of rotatable bonds is 6. The Bertz CT molecular complexity index is 1360. The predicted octanol–water partition coefficient (Wildman–Crippen LogP) is 5.02. The van der Waals surface area contributed by atoms with Gasteiger partial charge >= 0.3 is 17.6 Å². The molecule has 0 amide bonds. The van der Waals surface area contributed by atoms with Gasteiger partial charge in [-0.05, 0) is 50.2 Å². The Morgan fingerprint density at radius 1 is 0.727 bits per heavy atom. The Morgan fingerprint density at radius 2 is 1.27 bits per heavy atom. The van der Waals surface area contributed by atoms with Gasteiger partial charge in [-0.1, -0.05) is 42.5 Å². The van der Waals surface area contributed by atoms with Crippen LogP contribution in [0.5, 0.6) is 17.2 Å². The largest absolute Gasteiger partial charge is 0.490 e. The van der Waals surface area contributed by atoms with E-state index in [0.29, 0.717) is 5.75 Å². The highest BCUT2D eigenvalue weighted by atomic mass is 16.6. The monoisotopic (exact) mass is 444 g/mol. The number of benzene rings is 3. The van der Waals surface area contributed by atoms with E-state index in [1.54, 1.807) is 60.7 Å². The molecular weight excluding hydrogens is 424 g/mol. The van der Waals surface area contributed by atoms with Crippen LogP contribution >= 0.6 is 0 Å². The molecule has 1 aromatic heterocycles. The fourth-order valence-electron chi connectivity index (χ4n) is 3.16. The van der Waals surface area contributed by atoms with Crippen molar-refractivity contribution in [1.82, 2.24) is 0 Å². The Kier molecular flexibility index (Phi) is 6.22. The van der Waals surface area contributed by atoms with Gasteiger partial charge in [0.15, 0.2) is 5.75 Å². The molecule has 0 radical (unpaired) electrons. The first-order chi connectivity index (χ1) is 15.9. The lowest BCUT2D eigenvalue weighted by molar-refractivity contribution is 0.0678. The first-order valence-electron chi connectivity index (χ1n) is 10.2. The molecule has 3 aromatic carbocycles. The second kappa shape index (κ2) is 9.40.